The van der Waals surface area contributed by atoms with Crippen molar-refractivity contribution in [1.82, 2.24) is 9.88 Å². The molecule has 1 N–H and O–H groups in total. The van der Waals surface area contributed by atoms with Gasteiger partial charge in [0.2, 0.25) is 0 Å². The van der Waals surface area contributed by atoms with Crippen LogP contribution in [0.2, 0.25) is 0 Å². The van der Waals surface area contributed by atoms with Gasteiger partial charge in [0.25, 0.3) is 5.91 Å². The maximum Gasteiger partial charge on any atom is 0.285 e. The lowest BCUT2D eigenvalue weighted by Gasteiger charge is -2.26. The molecule has 0 aliphatic rings. The van der Waals surface area contributed by atoms with Crippen molar-refractivity contribution in [3.63, 3.8) is 0 Å². The number of hydrogen-bond donors (Lipinski definition) is 1. The summed E-state index contributed by atoms with van der Waals surface area (Å²) in [5.41, 5.74) is 2.07. The lowest BCUT2D eigenvalue weighted by molar-refractivity contribution is -0.916. The number of thiazole rings is 1. The summed E-state index contributed by atoms with van der Waals surface area (Å²) in [4.78, 5) is 20.2. The van der Waals surface area contributed by atoms with E-state index in [-0.39, 0.29) is 11.9 Å². The number of fused-ring (bicyclic) bond motifs is 1. The van der Waals surface area contributed by atoms with Gasteiger partial charge in [0.15, 0.2) is 6.04 Å². The number of hydrogen-bond acceptors (Lipinski definition) is 3. The maximum atomic E-state index is 12.7. The van der Waals surface area contributed by atoms with Crippen LogP contribution in [-0.4, -0.2) is 36.9 Å². The number of benzene rings is 2. The molecule has 3 rings (SSSR count). The molecule has 1 heterocycles. The van der Waals surface area contributed by atoms with Gasteiger partial charge >= 0.3 is 0 Å². The highest BCUT2D eigenvalue weighted by atomic mass is 32.1. The number of carbonyl (C=O) groups is 1. The van der Waals surface area contributed by atoms with Gasteiger partial charge in [0.05, 0.1) is 17.3 Å². The third kappa shape index (κ3) is 3.47. The first-order valence-corrected chi connectivity index (χ1v) is 8.81. The first kappa shape index (κ1) is 16.6. The van der Waals surface area contributed by atoms with Gasteiger partial charge < -0.3 is 9.80 Å². The number of amides is 1. The van der Waals surface area contributed by atoms with Gasteiger partial charge in [-0.25, -0.2) is 4.98 Å². The SMILES string of the molecule is CN(C)C(=O)[C@@H](c1ccccc1)[NH+](C)Cc1nc2ccccc2s1. The summed E-state index contributed by atoms with van der Waals surface area (Å²) in [7, 11) is 5.68. The van der Waals surface area contributed by atoms with E-state index in [0.29, 0.717) is 0 Å². The lowest BCUT2D eigenvalue weighted by Crippen LogP contribution is -3.09. The Morgan fingerprint density at radius 2 is 1.79 bits per heavy atom. The zero-order valence-corrected chi connectivity index (χ0v) is 15.0. The highest BCUT2D eigenvalue weighted by Crippen LogP contribution is 2.21. The summed E-state index contributed by atoms with van der Waals surface area (Å²) in [5, 5.41) is 1.06. The number of nitrogens with one attached hydrogen (secondary N) is 1. The van der Waals surface area contributed by atoms with E-state index in [4.69, 9.17) is 4.98 Å². The highest BCUT2D eigenvalue weighted by molar-refractivity contribution is 7.18. The van der Waals surface area contributed by atoms with Crippen LogP contribution >= 0.6 is 11.3 Å². The Bertz CT molecular complexity index is 796. The standard InChI is InChI=1S/C19H21N3OS/c1-21(2)19(23)18(14-9-5-4-6-10-14)22(3)13-17-20-15-11-7-8-12-16(15)24-17/h4-12,18H,13H2,1-3H3/p+1/t18-/m1/s1. The fourth-order valence-electron chi connectivity index (χ4n) is 2.88. The van der Waals surface area contributed by atoms with Gasteiger partial charge in [0.1, 0.15) is 11.6 Å². The van der Waals surface area contributed by atoms with Crippen LogP contribution in [0, 0.1) is 0 Å². The van der Waals surface area contributed by atoms with Gasteiger partial charge in [-0.3, -0.25) is 4.79 Å². The lowest BCUT2D eigenvalue weighted by atomic mass is 10.0. The summed E-state index contributed by atoms with van der Waals surface area (Å²) in [6, 6.07) is 17.9. The molecule has 0 aliphatic carbocycles. The Balaban J connectivity index is 1.88. The molecule has 1 amide bonds. The average Bonchev–Trinajstić information content (AvgIpc) is 2.98. The van der Waals surface area contributed by atoms with Crippen LogP contribution < -0.4 is 4.90 Å². The van der Waals surface area contributed by atoms with Crippen LogP contribution in [0.15, 0.2) is 54.6 Å². The molecule has 0 spiro atoms. The predicted octanol–water partition coefficient (Wildman–Crippen LogP) is 2.14. The molecule has 1 unspecified atom stereocenters. The van der Waals surface area contributed by atoms with Crippen LogP contribution in [0.4, 0.5) is 0 Å². The van der Waals surface area contributed by atoms with E-state index in [1.54, 1.807) is 16.2 Å². The quantitative estimate of drug-likeness (QED) is 0.773. The van der Waals surface area contributed by atoms with Gasteiger partial charge in [-0.05, 0) is 12.1 Å². The Morgan fingerprint density at radius 1 is 1.12 bits per heavy atom. The van der Waals surface area contributed by atoms with E-state index >= 15 is 0 Å². The normalized spacial score (nSPS) is 13.6. The molecule has 4 nitrogen and oxygen atoms in total. The fraction of sp³-hybridized carbons (Fsp3) is 0.263. The van der Waals surface area contributed by atoms with Crippen molar-refractivity contribution in [3.8, 4) is 0 Å². The first-order chi connectivity index (χ1) is 11.6. The Labute approximate surface area is 146 Å². The molecule has 5 heteroatoms. The van der Waals surface area contributed by atoms with Crippen LogP contribution in [0.1, 0.15) is 16.6 Å². The number of carbonyl (C=O) groups excluding carboxylic acids is 1. The number of likely N-dealkylation sites (N-methyl/N-ethyl adjacent to an activating group) is 2. The van der Waals surface area contributed by atoms with Crippen molar-refractivity contribution < 1.29 is 9.69 Å². The van der Waals surface area contributed by atoms with E-state index in [9.17, 15) is 4.79 Å². The molecule has 1 aromatic heterocycles. The molecule has 0 radical (unpaired) electrons. The third-order valence-corrected chi connectivity index (χ3v) is 5.12. The summed E-state index contributed by atoms with van der Waals surface area (Å²) in [5.74, 6) is 0.111. The molecule has 24 heavy (non-hydrogen) atoms. The topological polar surface area (TPSA) is 37.6 Å². The van der Waals surface area contributed by atoms with E-state index in [0.717, 1.165) is 27.5 Å². The largest absolute Gasteiger partial charge is 0.343 e. The second-order valence-electron chi connectivity index (χ2n) is 6.17. The van der Waals surface area contributed by atoms with Crippen molar-refractivity contribution >= 4 is 27.5 Å². The highest BCUT2D eigenvalue weighted by Gasteiger charge is 2.30. The summed E-state index contributed by atoms with van der Waals surface area (Å²) < 4.78 is 1.19. The predicted molar refractivity (Wildman–Crippen MR) is 98.1 cm³/mol. The summed E-state index contributed by atoms with van der Waals surface area (Å²) >= 11 is 1.70. The summed E-state index contributed by atoms with van der Waals surface area (Å²) in [6.07, 6.45) is 0. The molecular weight excluding hydrogens is 318 g/mol. The van der Waals surface area contributed by atoms with Gasteiger partial charge in [-0.15, -0.1) is 11.3 Å². The van der Waals surface area contributed by atoms with Crippen molar-refractivity contribution in [3.05, 3.63) is 65.2 Å². The minimum atomic E-state index is -0.229. The van der Waals surface area contributed by atoms with Gasteiger partial charge in [0, 0.05) is 19.7 Å². The number of rotatable bonds is 5. The van der Waals surface area contributed by atoms with Crippen LogP contribution in [0.3, 0.4) is 0 Å². The Kier molecular flexibility index (Phi) is 4.92. The molecule has 0 saturated heterocycles. The fourth-order valence-corrected chi connectivity index (χ4v) is 3.94. The van der Waals surface area contributed by atoms with Crippen LogP contribution in [0.5, 0.6) is 0 Å². The first-order valence-electron chi connectivity index (χ1n) is 7.99. The molecular formula is C19H22N3OS+. The molecule has 0 aliphatic heterocycles. The molecule has 3 aromatic rings. The van der Waals surface area contributed by atoms with E-state index in [1.807, 2.05) is 62.6 Å². The molecule has 124 valence electrons. The van der Waals surface area contributed by atoms with Gasteiger partial charge in [-0.1, -0.05) is 42.5 Å². The Morgan fingerprint density at radius 3 is 2.46 bits per heavy atom. The van der Waals surface area contributed by atoms with Crippen molar-refractivity contribution in [2.24, 2.45) is 0 Å². The second kappa shape index (κ2) is 7.11. The summed E-state index contributed by atoms with van der Waals surface area (Å²) in [6.45, 7) is 0.721. The van der Waals surface area contributed by atoms with E-state index < -0.39 is 0 Å². The van der Waals surface area contributed by atoms with Crippen molar-refractivity contribution in [2.75, 3.05) is 21.1 Å². The Hall–Kier alpha value is -2.24. The third-order valence-electron chi connectivity index (χ3n) is 4.08. The number of nitrogens with zero attached hydrogens (tertiary/aromatic N) is 2. The van der Waals surface area contributed by atoms with Crippen LogP contribution in [0.25, 0.3) is 10.2 Å². The smallest absolute Gasteiger partial charge is 0.285 e. The van der Waals surface area contributed by atoms with E-state index in [1.165, 1.54) is 4.70 Å². The second-order valence-corrected chi connectivity index (χ2v) is 7.29. The molecule has 2 atom stereocenters. The number of aromatic nitrogens is 1. The van der Waals surface area contributed by atoms with Crippen molar-refractivity contribution in [2.45, 2.75) is 12.6 Å². The number of quaternary nitrogens is 1. The zero-order chi connectivity index (χ0) is 17.1. The molecule has 0 saturated carbocycles. The van der Waals surface area contributed by atoms with E-state index in [2.05, 4.69) is 13.1 Å². The van der Waals surface area contributed by atoms with Crippen molar-refractivity contribution in [1.29, 1.82) is 0 Å². The maximum absolute atomic E-state index is 12.7. The van der Waals surface area contributed by atoms with Crippen LogP contribution in [-0.2, 0) is 11.3 Å². The van der Waals surface area contributed by atoms with Gasteiger partial charge in [-0.2, -0.15) is 0 Å². The molecule has 0 bridgehead atoms. The molecule has 0 fully saturated rings. The number of para-hydroxylation sites is 1. The monoisotopic (exact) mass is 340 g/mol. The zero-order valence-electron chi connectivity index (χ0n) is 14.2. The minimum Gasteiger partial charge on any atom is -0.343 e. The minimum absolute atomic E-state index is 0.111. The average molecular weight is 340 g/mol. The molecule has 2 aromatic carbocycles.